The number of hydrogen-bond acceptors (Lipinski definition) is 3. The van der Waals surface area contributed by atoms with Crippen LogP contribution in [0.5, 0.6) is 0 Å². The maximum Gasteiger partial charge on any atom is 0.276 e. The van der Waals surface area contributed by atoms with Crippen LogP contribution in [0.3, 0.4) is 0 Å². The third kappa shape index (κ3) is 1.92. The van der Waals surface area contributed by atoms with Gasteiger partial charge in [-0.3, -0.25) is 9.59 Å². The van der Waals surface area contributed by atoms with Crippen LogP contribution in [0, 0.1) is 0 Å². The summed E-state index contributed by atoms with van der Waals surface area (Å²) in [5, 5.41) is 3.09. The van der Waals surface area contributed by atoms with Crippen LogP contribution in [0.15, 0.2) is 53.0 Å². The van der Waals surface area contributed by atoms with E-state index in [0.29, 0.717) is 17.7 Å². The quantitative estimate of drug-likeness (QED) is 0.622. The molecule has 0 bridgehead atoms. The normalized spacial score (nSPS) is 23.4. The van der Waals surface area contributed by atoms with Crippen molar-refractivity contribution in [3.63, 3.8) is 0 Å². The first-order valence-corrected chi connectivity index (χ1v) is 7.46. The second-order valence-electron chi connectivity index (χ2n) is 5.16. The Morgan fingerprint density at radius 3 is 2.05 bits per heavy atom. The van der Waals surface area contributed by atoms with Gasteiger partial charge in [-0.25, -0.2) is 5.01 Å². The first-order chi connectivity index (χ1) is 10.2. The van der Waals surface area contributed by atoms with Gasteiger partial charge in [0.25, 0.3) is 11.8 Å². The molecule has 0 N–H and O–H groups in total. The molecular formula is C16H11BrN2O2. The van der Waals surface area contributed by atoms with Crippen molar-refractivity contribution in [1.29, 1.82) is 0 Å². The molecule has 21 heavy (non-hydrogen) atoms. The molecule has 4 rings (SSSR count). The molecule has 104 valence electrons. The number of fused-ring (bicyclic) bond motifs is 1. The van der Waals surface area contributed by atoms with Crippen LogP contribution < -0.4 is 0 Å². The van der Waals surface area contributed by atoms with E-state index in [4.69, 9.17) is 0 Å². The molecule has 2 atom stereocenters. The Balaban J connectivity index is 1.61. The van der Waals surface area contributed by atoms with E-state index in [2.05, 4.69) is 15.9 Å². The third-order valence-corrected chi connectivity index (χ3v) is 4.40. The summed E-state index contributed by atoms with van der Waals surface area (Å²) >= 11 is 3.40. The average Bonchev–Trinajstić information content (AvgIpc) is 3.23. The highest BCUT2D eigenvalue weighted by molar-refractivity contribution is 9.10. The van der Waals surface area contributed by atoms with Gasteiger partial charge in [0.05, 0.1) is 17.2 Å². The third-order valence-electron chi connectivity index (χ3n) is 3.87. The van der Waals surface area contributed by atoms with Crippen LogP contribution >= 0.6 is 15.9 Å². The number of carbonyl (C=O) groups excluding carboxylic acids is 2. The van der Waals surface area contributed by atoms with Crippen molar-refractivity contribution in [3.8, 4) is 0 Å². The molecule has 2 aliphatic rings. The molecule has 2 heterocycles. The van der Waals surface area contributed by atoms with Crippen LogP contribution in [0.25, 0.3) is 0 Å². The van der Waals surface area contributed by atoms with Crippen LogP contribution in [0.4, 0.5) is 0 Å². The highest BCUT2D eigenvalue weighted by Crippen LogP contribution is 2.40. The maximum atomic E-state index is 12.4. The van der Waals surface area contributed by atoms with Gasteiger partial charge in [0.15, 0.2) is 0 Å². The van der Waals surface area contributed by atoms with Crippen LogP contribution in [0.2, 0.25) is 0 Å². The number of amides is 2. The molecule has 2 aromatic carbocycles. The van der Waals surface area contributed by atoms with Crippen molar-refractivity contribution in [2.45, 2.75) is 6.04 Å². The maximum absolute atomic E-state index is 12.4. The van der Waals surface area contributed by atoms with Gasteiger partial charge in [-0.15, -0.1) is 0 Å². The molecule has 0 aromatic heterocycles. The highest BCUT2D eigenvalue weighted by atomic mass is 79.9. The molecule has 2 amide bonds. The average molecular weight is 343 g/mol. The summed E-state index contributed by atoms with van der Waals surface area (Å²) in [7, 11) is 0. The fourth-order valence-corrected chi connectivity index (χ4v) is 2.99. The SMILES string of the molecule is O=C1c2ccccc2C(=O)N1N1C[C@@H]1c1ccc(Br)cc1. The lowest BCUT2D eigenvalue weighted by Gasteiger charge is -2.15. The molecule has 2 aromatic rings. The topological polar surface area (TPSA) is 40.4 Å². The molecule has 4 nitrogen and oxygen atoms in total. The van der Waals surface area contributed by atoms with E-state index in [0.717, 1.165) is 10.0 Å². The predicted octanol–water partition coefficient (Wildman–Crippen LogP) is 3.02. The molecule has 0 aliphatic carbocycles. The van der Waals surface area contributed by atoms with E-state index in [1.165, 1.54) is 5.01 Å². The zero-order valence-corrected chi connectivity index (χ0v) is 12.6. The largest absolute Gasteiger partial charge is 0.276 e. The van der Waals surface area contributed by atoms with Crippen molar-refractivity contribution < 1.29 is 9.59 Å². The Morgan fingerprint density at radius 1 is 0.905 bits per heavy atom. The second kappa shape index (κ2) is 4.51. The molecule has 1 unspecified atom stereocenters. The van der Waals surface area contributed by atoms with Gasteiger partial charge in [0.2, 0.25) is 0 Å². The zero-order valence-electron chi connectivity index (χ0n) is 11.0. The predicted molar refractivity (Wildman–Crippen MR) is 80.5 cm³/mol. The first kappa shape index (κ1) is 12.7. The number of imide groups is 1. The van der Waals surface area contributed by atoms with Crippen molar-refractivity contribution in [3.05, 3.63) is 69.7 Å². The Kier molecular flexibility index (Phi) is 2.74. The van der Waals surface area contributed by atoms with Crippen molar-refractivity contribution in [1.82, 2.24) is 10.0 Å². The molecule has 0 spiro atoms. The van der Waals surface area contributed by atoms with Gasteiger partial charge in [0, 0.05) is 11.0 Å². The summed E-state index contributed by atoms with van der Waals surface area (Å²) < 4.78 is 1.01. The van der Waals surface area contributed by atoms with Gasteiger partial charge in [-0.05, 0) is 29.8 Å². The van der Waals surface area contributed by atoms with Crippen molar-refractivity contribution in [2.24, 2.45) is 0 Å². The summed E-state index contributed by atoms with van der Waals surface area (Å²) in [6.07, 6.45) is 0. The summed E-state index contributed by atoms with van der Waals surface area (Å²) in [6.45, 7) is 0.688. The number of benzene rings is 2. The molecule has 0 saturated carbocycles. The summed E-state index contributed by atoms with van der Waals surface area (Å²) in [5.74, 6) is -0.453. The second-order valence-corrected chi connectivity index (χ2v) is 6.07. The van der Waals surface area contributed by atoms with Gasteiger partial charge >= 0.3 is 0 Å². The molecule has 1 saturated heterocycles. The number of hydrazine groups is 1. The molecule has 2 aliphatic heterocycles. The minimum Gasteiger partial charge on any atom is -0.267 e. The minimum atomic E-state index is -0.227. The Labute approximate surface area is 130 Å². The van der Waals surface area contributed by atoms with Crippen molar-refractivity contribution >= 4 is 27.7 Å². The van der Waals surface area contributed by atoms with Gasteiger partial charge in [-0.2, -0.15) is 5.01 Å². The molecular weight excluding hydrogens is 332 g/mol. The minimum absolute atomic E-state index is 0.0975. The lowest BCUT2D eigenvalue weighted by atomic mass is 10.1. The highest BCUT2D eigenvalue weighted by Gasteiger charge is 2.49. The van der Waals surface area contributed by atoms with Gasteiger partial charge < -0.3 is 0 Å². The van der Waals surface area contributed by atoms with E-state index in [1.54, 1.807) is 24.3 Å². The number of halogens is 1. The number of nitrogens with zero attached hydrogens (tertiary/aromatic N) is 2. The van der Waals surface area contributed by atoms with Crippen LogP contribution in [-0.2, 0) is 0 Å². The summed E-state index contributed by atoms with van der Waals surface area (Å²) in [4.78, 5) is 24.8. The van der Waals surface area contributed by atoms with Gasteiger partial charge in [-0.1, -0.05) is 40.2 Å². The smallest absolute Gasteiger partial charge is 0.267 e. The van der Waals surface area contributed by atoms with Crippen molar-refractivity contribution in [2.75, 3.05) is 6.54 Å². The van der Waals surface area contributed by atoms with Crippen LogP contribution in [-0.4, -0.2) is 28.4 Å². The van der Waals surface area contributed by atoms with Crippen LogP contribution in [0.1, 0.15) is 32.3 Å². The molecule has 1 fully saturated rings. The number of carbonyl (C=O) groups is 2. The number of hydrogen-bond donors (Lipinski definition) is 0. The van der Waals surface area contributed by atoms with E-state index in [1.807, 2.05) is 29.3 Å². The first-order valence-electron chi connectivity index (χ1n) is 6.66. The Hall–Kier alpha value is -1.98. The van der Waals surface area contributed by atoms with E-state index >= 15 is 0 Å². The molecule has 5 heteroatoms. The Morgan fingerprint density at radius 2 is 1.48 bits per heavy atom. The fraction of sp³-hybridized carbons (Fsp3) is 0.125. The zero-order chi connectivity index (χ0) is 14.6. The fourth-order valence-electron chi connectivity index (χ4n) is 2.72. The summed E-state index contributed by atoms with van der Waals surface area (Å²) in [6, 6.07) is 15.0. The number of rotatable bonds is 2. The lowest BCUT2D eigenvalue weighted by Crippen LogP contribution is -2.35. The van der Waals surface area contributed by atoms with E-state index < -0.39 is 0 Å². The van der Waals surface area contributed by atoms with E-state index in [-0.39, 0.29) is 17.9 Å². The van der Waals surface area contributed by atoms with Gasteiger partial charge in [0.1, 0.15) is 0 Å². The van der Waals surface area contributed by atoms with E-state index in [9.17, 15) is 9.59 Å². The Bertz CT molecular complexity index is 722. The summed E-state index contributed by atoms with van der Waals surface area (Å²) in [5.41, 5.74) is 2.09. The molecule has 0 radical (unpaired) electrons. The lowest BCUT2D eigenvalue weighted by molar-refractivity contribution is 0.0370. The monoisotopic (exact) mass is 342 g/mol. The standard InChI is InChI=1S/C16H11BrN2O2/c17-11-7-5-10(6-8-11)14-9-18(14)19-15(20)12-3-1-2-4-13(12)16(19)21/h1-8,14H,9H2/t14-,18?/m1/s1.